The van der Waals surface area contributed by atoms with Gasteiger partial charge in [0.1, 0.15) is 6.54 Å². The molecule has 3 aromatic rings. The molecule has 0 fully saturated rings. The highest BCUT2D eigenvalue weighted by atomic mass is 127. The number of nitrogens with one attached hydrogen (secondary N) is 2. The lowest BCUT2D eigenvalue weighted by molar-refractivity contribution is 0.739. The van der Waals surface area contributed by atoms with Crippen molar-refractivity contribution >= 4 is 51.5 Å². The number of benzene rings is 1. The van der Waals surface area contributed by atoms with Gasteiger partial charge in [0.05, 0.1) is 0 Å². The van der Waals surface area contributed by atoms with Crippen molar-refractivity contribution in [2.75, 3.05) is 13.1 Å². The molecule has 0 spiro atoms. The fourth-order valence-electron chi connectivity index (χ4n) is 2.68. The number of guanidine groups is 1. The number of pyridine rings is 1. The van der Waals surface area contributed by atoms with Crippen LogP contribution in [0.2, 0.25) is 0 Å². The number of aromatic nitrogens is 3. The molecule has 6 nitrogen and oxygen atoms in total. The third-order valence-electron chi connectivity index (χ3n) is 3.93. The maximum absolute atomic E-state index is 4.63. The summed E-state index contributed by atoms with van der Waals surface area (Å²) >= 11 is 3.51. The molecule has 2 aromatic heterocycles. The van der Waals surface area contributed by atoms with E-state index in [-0.39, 0.29) is 24.0 Å². The molecule has 0 aliphatic heterocycles. The molecule has 0 radical (unpaired) electrons. The monoisotopic (exact) mass is 542 g/mol. The molecule has 0 unspecified atom stereocenters. The highest BCUT2D eigenvalue weighted by Crippen LogP contribution is 2.12. The Bertz CT molecular complexity index is 879. The van der Waals surface area contributed by atoms with Crippen molar-refractivity contribution in [2.45, 2.75) is 26.3 Å². The summed E-state index contributed by atoms with van der Waals surface area (Å²) in [5.41, 5.74) is 2.17. The largest absolute Gasteiger partial charge is 0.357 e. The predicted molar refractivity (Wildman–Crippen MR) is 124 cm³/mol. The number of rotatable bonds is 7. The molecule has 0 aliphatic rings. The van der Waals surface area contributed by atoms with Crippen LogP contribution in [0.15, 0.2) is 58.1 Å². The molecule has 0 amide bonds. The first kappa shape index (κ1) is 21.6. The molecule has 144 valence electrons. The summed E-state index contributed by atoms with van der Waals surface area (Å²) in [6.45, 7) is 4.22. The summed E-state index contributed by atoms with van der Waals surface area (Å²) in [5, 5.41) is 15.0. The first-order valence-electron chi connectivity index (χ1n) is 8.81. The summed E-state index contributed by atoms with van der Waals surface area (Å²) in [6, 6.07) is 14.3. The summed E-state index contributed by atoms with van der Waals surface area (Å²) in [5.74, 6) is 1.63. The van der Waals surface area contributed by atoms with Crippen molar-refractivity contribution in [3.8, 4) is 0 Å². The molecule has 0 saturated heterocycles. The zero-order valence-corrected chi connectivity index (χ0v) is 19.1. The highest BCUT2D eigenvalue weighted by molar-refractivity contribution is 14.0. The van der Waals surface area contributed by atoms with Gasteiger partial charge in [-0.25, -0.2) is 4.99 Å². The van der Waals surface area contributed by atoms with Crippen molar-refractivity contribution in [2.24, 2.45) is 4.99 Å². The molecule has 0 bridgehead atoms. The van der Waals surface area contributed by atoms with Gasteiger partial charge in [0.15, 0.2) is 17.4 Å². The van der Waals surface area contributed by atoms with Crippen molar-refractivity contribution in [3.05, 3.63) is 64.5 Å². The average molecular weight is 543 g/mol. The van der Waals surface area contributed by atoms with E-state index in [1.807, 2.05) is 34.9 Å². The van der Waals surface area contributed by atoms with Gasteiger partial charge in [0.2, 0.25) is 0 Å². The van der Waals surface area contributed by atoms with Gasteiger partial charge in [-0.05, 0) is 49.6 Å². The number of fused-ring (bicyclic) bond motifs is 1. The minimum absolute atomic E-state index is 0. The van der Waals surface area contributed by atoms with Crippen molar-refractivity contribution in [3.63, 3.8) is 0 Å². The van der Waals surface area contributed by atoms with Crippen LogP contribution in [0.25, 0.3) is 5.65 Å². The van der Waals surface area contributed by atoms with Gasteiger partial charge in [0.25, 0.3) is 0 Å². The Hall–Kier alpha value is -1.68. The molecule has 0 saturated carbocycles. The van der Waals surface area contributed by atoms with Gasteiger partial charge in [-0.2, -0.15) is 0 Å². The van der Waals surface area contributed by atoms with Crippen LogP contribution in [0.4, 0.5) is 0 Å². The fraction of sp³-hybridized carbons (Fsp3) is 0.316. The number of hydrogen-bond donors (Lipinski definition) is 2. The van der Waals surface area contributed by atoms with E-state index in [0.717, 1.165) is 47.8 Å². The lowest BCUT2D eigenvalue weighted by atomic mass is 10.1. The molecule has 0 aliphatic carbocycles. The van der Waals surface area contributed by atoms with E-state index in [9.17, 15) is 0 Å². The second kappa shape index (κ2) is 11.2. The number of aryl methyl sites for hydroxylation is 1. The topological polar surface area (TPSA) is 66.6 Å². The van der Waals surface area contributed by atoms with Crippen molar-refractivity contribution in [1.82, 2.24) is 25.2 Å². The summed E-state index contributed by atoms with van der Waals surface area (Å²) < 4.78 is 3.08. The second-order valence-electron chi connectivity index (χ2n) is 5.90. The molecule has 0 atom stereocenters. The summed E-state index contributed by atoms with van der Waals surface area (Å²) in [7, 11) is 0. The quantitative estimate of drug-likeness (QED) is 0.206. The predicted octanol–water partition coefficient (Wildman–Crippen LogP) is 3.80. The van der Waals surface area contributed by atoms with E-state index in [2.05, 4.69) is 66.9 Å². The Morgan fingerprint density at radius 1 is 1.15 bits per heavy atom. The fourth-order valence-corrected chi connectivity index (χ4v) is 3.13. The third-order valence-corrected chi connectivity index (χ3v) is 4.42. The zero-order chi connectivity index (χ0) is 18.2. The van der Waals surface area contributed by atoms with Crippen LogP contribution in [-0.4, -0.2) is 33.6 Å². The van der Waals surface area contributed by atoms with E-state index in [1.165, 1.54) is 5.56 Å². The van der Waals surface area contributed by atoms with Crippen molar-refractivity contribution in [1.29, 1.82) is 0 Å². The van der Waals surface area contributed by atoms with E-state index >= 15 is 0 Å². The Balaban J connectivity index is 0.00000261. The lowest BCUT2D eigenvalue weighted by Crippen LogP contribution is -2.37. The first-order valence-corrected chi connectivity index (χ1v) is 9.61. The Labute approximate surface area is 185 Å². The minimum atomic E-state index is 0. The Kier molecular flexibility index (Phi) is 8.99. The third kappa shape index (κ3) is 6.46. The van der Waals surface area contributed by atoms with Gasteiger partial charge in [0, 0.05) is 23.8 Å². The van der Waals surface area contributed by atoms with Crippen LogP contribution in [0.5, 0.6) is 0 Å². The number of halogens is 2. The SMILES string of the molecule is CCNC(=NCc1nnc2ccccn12)NCCCc1cccc(Br)c1.I. The van der Waals surface area contributed by atoms with Crippen LogP contribution in [0.3, 0.4) is 0 Å². The van der Waals surface area contributed by atoms with Gasteiger partial charge in [-0.15, -0.1) is 34.2 Å². The molecule has 27 heavy (non-hydrogen) atoms. The molecule has 8 heteroatoms. The van der Waals surface area contributed by atoms with Crippen LogP contribution >= 0.6 is 39.9 Å². The molecule has 2 heterocycles. The molecular weight excluding hydrogens is 519 g/mol. The van der Waals surface area contributed by atoms with Crippen LogP contribution in [-0.2, 0) is 13.0 Å². The first-order chi connectivity index (χ1) is 12.8. The second-order valence-corrected chi connectivity index (χ2v) is 6.82. The van der Waals surface area contributed by atoms with Gasteiger partial charge in [-0.3, -0.25) is 4.40 Å². The maximum atomic E-state index is 4.63. The van der Waals surface area contributed by atoms with E-state index < -0.39 is 0 Å². The molecule has 2 N–H and O–H groups in total. The van der Waals surface area contributed by atoms with Crippen molar-refractivity contribution < 1.29 is 0 Å². The average Bonchev–Trinajstić information content (AvgIpc) is 3.06. The minimum Gasteiger partial charge on any atom is -0.357 e. The smallest absolute Gasteiger partial charge is 0.191 e. The lowest BCUT2D eigenvalue weighted by Gasteiger charge is -2.11. The summed E-state index contributed by atoms with van der Waals surface area (Å²) in [4.78, 5) is 4.63. The van der Waals surface area contributed by atoms with E-state index in [4.69, 9.17) is 0 Å². The maximum Gasteiger partial charge on any atom is 0.191 e. The molecule has 3 rings (SSSR count). The van der Waals surface area contributed by atoms with Gasteiger partial charge >= 0.3 is 0 Å². The zero-order valence-electron chi connectivity index (χ0n) is 15.2. The number of hydrogen-bond acceptors (Lipinski definition) is 3. The van der Waals surface area contributed by atoms with E-state index in [0.29, 0.717) is 6.54 Å². The number of aliphatic imine (C=N–C) groups is 1. The number of nitrogens with zero attached hydrogens (tertiary/aromatic N) is 4. The van der Waals surface area contributed by atoms with Gasteiger partial charge < -0.3 is 10.6 Å². The Morgan fingerprint density at radius 3 is 2.85 bits per heavy atom. The standard InChI is InChI=1S/C19H23BrN6.HI/c1-2-21-19(22-11-6-8-15-7-5-9-16(20)13-15)23-14-18-25-24-17-10-3-4-12-26(17)18;/h3-5,7,9-10,12-13H,2,6,8,11,14H2,1H3,(H2,21,22,23);1H. The molecule has 1 aromatic carbocycles. The van der Waals surface area contributed by atoms with Crippen LogP contribution in [0, 0.1) is 0 Å². The van der Waals surface area contributed by atoms with Gasteiger partial charge in [-0.1, -0.05) is 34.1 Å². The van der Waals surface area contributed by atoms with E-state index in [1.54, 1.807) is 0 Å². The van der Waals surface area contributed by atoms with Crippen LogP contribution in [0.1, 0.15) is 24.7 Å². The van der Waals surface area contributed by atoms with Crippen LogP contribution < -0.4 is 10.6 Å². The Morgan fingerprint density at radius 2 is 2.04 bits per heavy atom. The highest BCUT2D eigenvalue weighted by Gasteiger charge is 2.04. The normalized spacial score (nSPS) is 11.3. The summed E-state index contributed by atoms with van der Waals surface area (Å²) in [6.07, 6.45) is 4.02. The molecular formula is C19H24BrIN6.